The molecular weight excluding hydrogens is 248 g/mol. The summed E-state index contributed by atoms with van der Waals surface area (Å²) >= 11 is 0. The van der Waals surface area contributed by atoms with Gasteiger partial charge in [0.2, 0.25) is 0 Å². The lowest BCUT2D eigenvalue weighted by Crippen LogP contribution is -2.49. The quantitative estimate of drug-likeness (QED) is 0.863. The van der Waals surface area contributed by atoms with Crippen LogP contribution in [0.5, 0.6) is 5.75 Å². The van der Waals surface area contributed by atoms with E-state index in [4.69, 9.17) is 10.5 Å². The minimum absolute atomic E-state index is 0.0157. The molecule has 0 amide bonds. The molecule has 0 saturated heterocycles. The van der Waals surface area contributed by atoms with E-state index in [-0.39, 0.29) is 5.54 Å². The highest BCUT2D eigenvalue weighted by atomic mass is 16.5. The van der Waals surface area contributed by atoms with Crippen molar-refractivity contribution >= 4 is 5.69 Å². The van der Waals surface area contributed by atoms with E-state index in [1.165, 1.54) is 12.8 Å². The standard InChI is InChI=1S/C17H28N2O/c1-13(2)14-7-6-10-17(11-14,12-18)19-15-8-4-5-9-16(15)20-3/h4-5,8-9,13-14,19H,6-7,10-12,18H2,1-3H3. The maximum absolute atomic E-state index is 6.14. The van der Waals surface area contributed by atoms with Gasteiger partial charge < -0.3 is 15.8 Å². The van der Waals surface area contributed by atoms with Crippen molar-refractivity contribution < 1.29 is 4.74 Å². The second-order valence-corrected chi connectivity index (χ2v) is 6.41. The summed E-state index contributed by atoms with van der Waals surface area (Å²) in [5.74, 6) is 2.38. The van der Waals surface area contributed by atoms with Crippen LogP contribution < -0.4 is 15.8 Å². The third-order valence-electron chi connectivity index (χ3n) is 4.72. The molecule has 3 nitrogen and oxygen atoms in total. The van der Waals surface area contributed by atoms with Gasteiger partial charge in [0.15, 0.2) is 0 Å². The molecule has 0 spiro atoms. The van der Waals surface area contributed by atoms with Crippen LogP contribution in [0.2, 0.25) is 0 Å². The molecule has 2 unspecified atom stereocenters. The Hall–Kier alpha value is -1.22. The van der Waals surface area contributed by atoms with Crippen LogP contribution in [0.4, 0.5) is 5.69 Å². The molecule has 3 heteroatoms. The molecule has 0 aromatic heterocycles. The highest BCUT2D eigenvalue weighted by Gasteiger charge is 2.36. The van der Waals surface area contributed by atoms with E-state index in [0.717, 1.165) is 36.1 Å². The van der Waals surface area contributed by atoms with Gasteiger partial charge in [-0.1, -0.05) is 38.8 Å². The van der Waals surface area contributed by atoms with Gasteiger partial charge in [-0.05, 0) is 36.8 Å². The molecule has 1 fully saturated rings. The van der Waals surface area contributed by atoms with Crippen molar-refractivity contribution in [1.29, 1.82) is 0 Å². The highest BCUT2D eigenvalue weighted by Crippen LogP contribution is 2.39. The lowest BCUT2D eigenvalue weighted by Gasteiger charge is -2.43. The maximum atomic E-state index is 6.14. The number of methoxy groups -OCH3 is 1. The van der Waals surface area contributed by atoms with Gasteiger partial charge in [-0.2, -0.15) is 0 Å². The van der Waals surface area contributed by atoms with E-state index in [1.54, 1.807) is 7.11 Å². The van der Waals surface area contributed by atoms with Gasteiger partial charge >= 0.3 is 0 Å². The number of anilines is 1. The minimum Gasteiger partial charge on any atom is -0.495 e. The van der Waals surface area contributed by atoms with Crippen molar-refractivity contribution in [3.05, 3.63) is 24.3 Å². The third kappa shape index (κ3) is 3.26. The molecule has 3 N–H and O–H groups in total. The predicted octanol–water partition coefficient (Wildman–Crippen LogP) is 3.65. The van der Waals surface area contributed by atoms with Crippen LogP contribution in [-0.4, -0.2) is 19.2 Å². The highest BCUT2D eigenvalue weighted by molar-refractivity contribution is 5.57. The van der Waals surface area contributed by atoms with Gasteiger partial charge in [-0.15, -0.1) is 0 Å². The Labute approximate surface area is 122 Å². The Morgan fingerprint density at radius 1 is 1.40 bits per heavy atom. The number of rotatable bonds is 5. The summed E-state index contributed by atoms with van der Waals surface area (Å²) in [6.45, 7) is 5.31. The Balaban J connectivity index is 2.18. The maximum Gasteiger partial charge on any atom is 0.141 e. The first-order chi connectivity index (χ1) is 9.60. The van der Waals surface area contributed by atoms with Gasteiger partial charge in [0.1, 0.15) is 5.75 Å². The zero-order chi connectivity index (χ0) is 14.6. The van der Waals surface area contributed by atoms with Gasteiger partial charge in [0.25, 0.3) is 0 Å². The first-order valence-corrected chi connectivity index (χ1v) is 7.71. The molecule has 1 aromatic rings. The molecule has 2 rings (SSSR count). The second kappa shape index (κ2) is 6.49. The van der Waals surface area contributed by atoms with Gasteiger partial charge in [0.05, 0.1) is 12.8 Å². The summed E-state index contributed by atoms with van der Waals surface area (Å²) in [6.07, 6.45) is 4.87. The Morgan fingerprint density at radius 2 is 2.15 bits per heavy atom. The smallest absolute Gasteiger partial charge is 0.141 e. The number of nitrogens with two attached hydrogens (primary N) is 1. The fourth-order valence-electron chi connectivity index (χ4n) is 3.36. The average molecular weight is 276 g/mol. The zero-order valence-corrected chi connectivity index (χ0v) is 13.0. The second-order valence-electron chi connectivity index (χ2n) is 6.41. The van der Waals surface area contributed by atoms with Crippen LogP contribution in [0.1, 0.15) is 39.5 Å². The SMILES string of the molecule is COc1ccccc1NC1(CN)CCCC(C(C)C)C1. The largest absolute Gasteiger partial charge is 0.495 e. The van der Waals surface area contributed by atoms with Crippen LogP contribution in [0.15, 0.2) is 24.3 Å². The Kier molecular flexibility index (Phi) is 4.92. The zero-order valence-electron chi connectivity index (χ0n) is 13.0. The first-order valence-electron chi connectivity index (χ1n) is 7.71. The van der Waals surface area contributed by atoms with E-state index in [9.17, 15) is 0 Å². The molecule has 1 aliphatic carbocycles. The molecule has 0 aliphatic heterocycles. The first kappa shape index (κ1) is 15.2. The van der Waals surface area contributed by atoms with E-state index in [1.807, 2.05) is 18.2 Å². The molecule has 2 atom stereocenters. The molecule has 1 saturated carbocycles. The van der Waals surface area contributed by atoms with Crippen molar-refractivity contribution in [2.75, 3.05) is 19.0 Å². The number of ether oxygens (including phenoxy) is 1. The number of benzene rings is 1. The summed E-state index contributed by atoms with van der Waals surface area (Å²) in [5.41, 5.74) is 7.21. The molecule has 112 valence electrons. The van der Waals surface area contributed by atoms with E-state index >= 15 is 0 Å². The lowest BCUT2D eigenvalue weighted by molar-refractivity contribution is 0.202. The Morgan fingerprint density at radius 3 is 2.80 bits per heavy atom. The van der Waals surface area contributed by atoms with Crippen LogP contribution >= 0.6 is 0 Å². The van der Waals surface area contributed by atoms with Crippen molar-refractivity contribution in [1.82, 2.24) is 0 Å². The van der Waals surface area contributed by atoms with Crippen molar-refractivity contribution in [2.45, 2.75) is 45.1 Å². The topological polar surface area (TPSA) is 47.3 Å². The summed E-state index contributed by atoms with van der Waals surface area (Å²) in [5, 5.41) is 3.70. The average Bonchev–Trinajstić information content (AvgIpc) is 2.48. The van der Waals surface area contributed by atoms with Crippen molar-refractivity contribution in [3.63, 3.8) is 0 Å². The minimum atomic E-state index is 0.0157. The van der Waals surface area contributed by atoms with Crippen LogP contribution in [-0.2, 0) is 0 Å². The van der Waals surface area contributed by atoms with Gasteiger partial charge in [-0.25, -0.2) is 0 Å². The fourth-order valence-corrected chi connectivity index (χ4v) is 3.36. The van der Waals surface area contributed by atoms with Crippen LogP contribution in [0, 0.1) is 11.8 Å². The molecule has 20 heavy (non-hydrogen) atoms. The van der Waals surface area contributed by atoms with Crippen LogP contribution in [0.25, 0.3) is 0 Å². The monoisotopic (exact) mass is 276 g/mol. The third-order valence-corrected chi connectivity index (χ3v) is 4.72. The molecular formula is C17H28N2O. The van der Waals surface area contributed by atoms with Crippen molar-refractivity contribution in [3.8, 4) is 5.75 Å². The van der Waals surface area contributed by atoms with Crippen molar-refractivity contribution in [2.24, 2.45) is 17.6 Å². The number of para-hydroxylation sites is 2. The lowest BCUT2D eigenvalue weighted by atomic mass is 9.71. The van der Waals surface area contributed by atoms with Gasteiger partial charge in [-0.3, -0.25) is 0 Å². The van der Waals surface area contributed by atoms with E-state index in [2.05, 4.69) is 25.2 Å². The molecule has 0 bridgehead atoms. The summed E-state index contributed by atoms with van der Waals surface area (Å²) in [6, 6.07) is 8.11. The summed E-state index contributed by atoms with van der Waals surface area (Å²) in [7, 11) is 1.72. The normalized spacial score (nSPS) is 26.6. The number of nitrogens with one attached hydrogen (secondary N) is 1. The number of hydrogen-bond acceptors (Lipinski definition) is 3. The molecule has 0 radical (unpaired) electrons. The molecule has 1 aliphatic rings. The Bertz CT molecular complexity index is 433. The van der Waals surface area contributed by atoms with E-state index < -0.39 is 0 Å². The number of hydrogen-bond donors (Lipinski definition) is 2. The molecule has 0 heterocycles. The van der Waals surface area contributed by atoms with E-state index in [0.29, 0.717) is 6.54 Å². The fraction of sp³-hybridized carbons (Fsp3) is 0.647. The van der Waals surface area contributed by atoms with Crippen LogP contribution in [0.3, 0.4) is 0 Å². The van der Waals surface area contributed by atoms with Gasteiger partial charge in [0, 0.05) is 12.1 Å². The molecule has 1 aromatic carbocycles. The summed E-state index contributed by atoms with van der Waals surface area (Å²) < 4.78 is 5.45. The predicted molar refractivity (Wildman–Crippen MR) is 85.2 cm³/mol. The summed E-state index contributed by atoms with van der Waals surface area (Å²) in [4.78, 5) is 0.